The highest BCUT2D eigenvalue weighted by Gasteiger charge is 2.29. The molecule has 1 N–H and O–H groups in total. The largest absolute Gasteiger partial charge is 0.497 e. The van der Waals surface area contributed by atoms with Crippen LogP contribution in [0, 0.1) is 5.92 Å². The van der Waals surface area contributed by atoms with Crippen LogP contribution in [0.15, 0.2) is 35.1 Å². The molecule has 6 nitrogen and oxygen atoms in total. The van der Waals surface area contributed by atoms with Crippen LogP contribution in [0.25, 0.3) is 0 Å². The summed E-state index contributed by atoms with van der Waals surface area (Å²) in [7, 11) is 1.59. The molecule has 0 saturated carbocycles. The maximum atomic E-state index is 12.9. The van der Waals surface area contributed by atoms with E-state index in [1.807, 2.05) is 0 Å². The molecule has 2 heterocycles. The summed E-state index contributed by atoms with van der Waals surface area (Å²) in [6, 6.07) is 8.92. The molecule has 0 spiro atoms. The maximum absolute atomic E-state index is 12.9. The molecular weight excluding hydrogens is 368 g/mol. The van der Waals surface area contributed by atoms with Gasteiger partial charge in [0.1, 0.15) is 11.3 Å². The third kappa shape index (κ3) is 3.97. The Balaban J connectivity index is 1.42. The highest BCUT2D eigenvalue weighted by Crippen LogP contribution is 2.25. The number of likely N-dealkylation sites (tertiary alicyclic amines) is 1. The van der Waals surface area contributed by atoms with Crippen molar-refractivity contribution in [3.63, 3.8) is 0 Å². The second kappa shape index (κ2) is 8.23. The number of hydrogen-bond donors (Lipinski definition) is 1. The molecular formula is C23H26N2O4. The molecule has 1 saturated heterocycles. The monoisotopic (exact) mass is 394 g/mol. The van der Waals surface area contributed by atoms with E-state index in [1.165, 1.54) is 0 Å². The topological polar surface area (TPSA) is 79.5 Å². The number of amides is 1. The van der Waals surface area contributed by atoms with Crippen molar-refractivity contribution in [2.75, 3.05) is 20.2 Å². The minimum atomic E-state index is -0.299. The number of aromatic amines is 1. The lowest BCUT2D eigenvalue weighted by atomic mass is 9.88. The number of pyridine rings is 1. The van der Waals surface area contributed by atoms with Gasteiger partial charge in [-0.3, -0.25) is 14.4 Å². The first-order valence-electron chi connectivity index (χ1n) is 10.3. The summed E-state index contributed by atoms with van der Waals surface area (Å²) in [6.07, 6.45) is 5.17. The quantitative estimate of drug-likeness (QED) is 0.809. The molecule has 2 aromatic rings. The second-order valence-electron chi connectivity index (χ2n) is 7.88. The zero-order valence-corrected chi connectivity index (χ0v) is 16.7. The van der Waals surface area contributed by atoms with Gasteiger partial charge in [-0.2, -0.15) is 0 Å². The van der Waals surface area contributed by atoms with Crippen LogP contribution < -0.4 is 10.3 Å². The molecule has 1 amide bonds. The number of ether oxygens (including phenoxy) is 1. The van der Waals surface area contributed by atoms with Crippen molar-refractivity contribution in [1.29, 1.82) is 0 Å². The van der Waals surface area contributed by atoms with Gasteiger partial charge in [0.25, 0.3) is 11.5 Å². The normalized spacial score (nSPS) is 16.9. The average Bonchev–Trinajstić information content (AvgIpc) is 2.78. The van der Waals surface area contributed by atoms with Gasteiger partial charge in [0.2, 0.25) is 0 Å². The highest BCUT2D eigenvalue weighted by molar-refractivity contribution is 5.98. The number of ketones is 1. The fourth-order valence-corrected chi connectivity index (χ4v) is 4.34. The molecule has 1 aliphatic carbocycles. The highest BCUT2D eigenvalue weighted by atomic mass is 16.5. The molecule has 0 radical (unpaired) electrons. The van der Waals surface area contributed by atoms with Crippen molar-refractivity contribution in [1.82, 2.24) is 9.88 Å². The van der Waals surface area contributed by atoms with Crippen molar-refractivity contribution in [3.05, 3.63) is 63.1 Å². The van der Waals surface area contributed by atoms with Crippen molar-refractivity contribution in [3.8, 4) is 5.75 Å². The molecule has 2 aliphatic rings. The van der Waals surface area contributed by atoms with Crippen LogP contribution in [0.3, 0.4) is 0 Å². The number of carbonyl (C=O) groups is 2. The molecule has 6 heteroatoms. The summed E-state index contributed by atoms with van der Waals surface area (Å²) < 4.78 is 5.14. The predicted octanol–water partition coefficient (Wildman–Crippen LogP) is 3.00. The van der Waals surface area contributed by atoms with Crippen LogP contribution in [-0.4, -0.2) is 41.8 Å². The van der Waals surface area contributed by atoms with E-state index in [0.29, 0.717) is 31.5 Å². The van der Waals surface area contributed by atoms with E-state index in [4.69, 9.17) is 4.74 Å². The summed E-state index contributed by atoms with van der Waals surface area (Å²) in [5.74, 6) is 0.493. The van der Waals surface area contributed by atoms with Crippen molar-refractivity contribution < 1.29 is 14.3 Å². The van der Waals surface area contributed by atoms with Crippen molar-refractivity contribution in [2.24, 2.45) is 5.92 Å². The molecule has 0 unspecified atom stereocenters. The average molecular weight is 394 g/mol. The number of hydrogen-bond acceptors (Lipinski definition) is 4. The predicted molar refractivity (Wildman–Crippen MR) is 110 cm³/mol. The number of fused-ring (bicyclic) bond motifs is 1. The molecule has 0 bridgehead atoms. The number of carbonyl (C=O) groups excluding carboxylic acids is 2. The summed E-state index contributed by atoms with van der Waals surface area (Å²) in [5, 5.41) is 0. The Kier molecular flexibility index (Phi) is 5.51. The molecule has 29 heavy (non-hydrogen) atoms. The first kappa shape index (κ1) is 19.4. The maximum Gasteiger partial charge on any atom is 0.261 e. The van der Waals surface area contributed by atoms with E-state index in [2.05, 4.69) is 4.98 Å². The lowest BCUT2D eigenvalue weighted by Crippen LogP contribution is -2.42. The van der Waals surface area contributed by atoms with E-state index < -0.39 is 0 Å². The van der Waals surface area contributed by atoms with Gasteiger partial charge in [-0.25, -0.2) is 0 Å². The van der Waals surface area contributed by atoms with Gasteiger partial charge in [0, 0.05) is 30.3 Å². The molecule has 1 aromatic heterocycles. The molecule has 152 valence electrons. The van der Waals surface area contributed by atoms with Gasteiger partial charge in [0.05, 0.1) is 7.11 Å². The SMILES string of the molecule is COc1ccc(C(=O)C2CCN(C(=O)c3cc4c([nH]c3=O)CCCC4)CC2)cc1. The molecule has 1 fully saturated rings. The number of methoxy groups -OCH3 is 1. The van der Waals surface area contributed by atoms with Gasteiger partial charge < -0.3 is 14.6 Å². The minimum absolute atomic E-state index is 0.103. The molecule has 0 atom stereocenters. The zero-order valence-electron chi connectivity index (χ0n) is 16.7. The Labute approximate surface area is 169 Å². The van der Waals surface area contributed by atoms with Crippen LogP contribution in [0.1, 0.15) is 57.7 Å². The van der Waals surface area contributed by atoms with E-state index >= 15 is 0 Å². The summed E-state index contributed by atoms with van der Waals surface area (Å²) in [4.78, 5) is 42.7. The molecule has 1 aliphatic heterocycles. The van der Waals surface area contributed by atoms with Gasteiger partial charge in [-0.05, 0) is 74.4 Å². The summed E-state index contributed by atoms with van der Waals surface area (Å²) in [5.41, 5.74) is 2.66. The Morgan fingerprint density at radius 1 is 1.07 bits per heavy atom. The second-order valence-corrected chi connectivity index (χ2v) is 7.88. The number of nitrogens with zero attached hydrogens (tertiary/aromatic N) is 1. The summed E-state index contributed by atoms with van der Waals surface area (Å²) >= 11 is 0. The van der Waals surface area contributed by atoms with Gasteiger partial charge in [-0.15, -0.1) is 0 Å². The van der Waals surface area contributed by atoms with Gasteiger partial charge >= 0.3 is 0 Å². The van der Waals surface area contributed by atoms with E-state index in [0.717, 1.165) is 42.7 Å². The third-order valence-corrected chi connectivity index (χ3v) is 6.10. The molecule has 4 rings (SSSR count). The van der Waals surface area contributed by atoms with E-state index in [-0.39, 0.29) is 28.7 Å². The smallest absolute Gasteiger partial charge is 0.261 e. The first-order chi connectivity index (χ1) is 14.1. The number of nitrogens with one attached hydrogen (secondary N) is 1. The van der Waals surface area contributed by atoms with Crippen LogP contribution in [0.4, 0.5) is 0 Å². The minimum Gasteiger partial charge on any atom is -0.497 e. The number of benzene rings is 1. The zero-order chi connectivity index (χ0) is 20.4. The first-order valence-corrected chi connectivity index (χ1v) is 10.3. The van der Waals surface area contributed by atoms with E-state index in [1.54, 1.807) is 42.3 Å². The van der Waals surface area contributed by atoms with Gasteiger partial charge in [-0.1, -0.05) is 0 Å². The third-order valence-electron chi connectivity index (χ3n) is 6.10. The number of aromatic nitrogens is 1. The van der Waals surface area contributed by atoms with Crippen LogP contribution in [0.5, 0.6) is 5.75 Å². The van der Waals surface area contributed by atoms with Gasteiger partial charge in [0.15, 0.2) is 5.78 Å². The van der Waals surface area contributed by atoms with Crippen LogP contribution >= 0.6 is 0 Å². The number of Topliss-reactive ketones (excluding diaryl/α,β-unsaturated/α-hetero) is 1. The number of rotatable bonds is 4. The lowest BCUT2D eigenvalue weighted by Gasteiger charge is -2.31. The Bertz CT molecular complexity index is 969. The number of aryl methyl sites for hydroxylation is 2. The Morgan fingerprint density at radius 2 is 1.76 bits per heavy atom. The molecule has 1 aromatic carbocycles. The van der Waals surface area contributed by atoms with Crippen LogP contribution in [0.2, 0.25) is 0 Å². The number of H-pyrrole nitrogens is 1. The van der Waals surface area contributed by atoms with Crippen LogP contribution in [-0.2, 0) is 12.8 Å². The summed E-state index contributed by atoms with van der Waals surface area (Å²) in [6.45, 7) is 0.976. The Morgan fingerprint density at radius 3 is 2.45 bits per heavy atom. The number of piperidine rings is 1. The Hall–Kier alpha value is -2.89. The lowest BCUT2D eigenvalue weighted by molar-refractivity contribution is 0.0648. The standard InChI is InChI=1S/C23H26N2O4/c1-29-18-8-6-15(7-9-18)21(26)16-10-12-25(13-11-16)23(28)19-14-17-4-2-3-5-20(17)24-22(19)27/h6-9,14,16H,2-5,10-13H2,1H3,(H,24,27). The van der Waals surface area contributed by atoms with E-state index in [9.17, 15) is 14.4 Å². The van der Waals surface area contributed by atoms with Crippen molar-refractivity contribution in [2.45, 2.75) is 38.5 Å². The van der Waals surface area contributed by atoms with Crippen molar-refractivity contribution >= 4 is 11.7 Å². The fraction of sp³-hybridized carbons (Fsp3) is 0.435. The fourth-order valence-electron chi connectivity index (χ4n) is 4.34.